The lowest BCUT2D eigenvalue weighted by molar-refractivity contribution is -0.119. The van der Waals surface area contributed by atoms with E-state index < -0.39 is 6.04 Å². The van der Waals surface area contributed by atoms with Crippen LogP contribution in [0.15, 0.2) is 70.2 Å². The van der Waals surface area contributed by atoms with Gasteiger partial charge in [-0.2, -0.15) is 5.10 Å². The fourth-order valence-electron chi connectivity index (χ4n) is 2.26. The van der Waals surface area contributed by atoms with E-state index in [4.69, 9.17) is 0 Å². The molecule has 0 fully saturated rings. The molecule has 0 saturated heterocycles. The molecule has 0 aliphatic carbocycles. The Morgan fingerprint density at radius 3 is 2.60 bits per heavy atom. The van der Waals surface area contributed by atoms with Crippen LogP contribution >= 0.6 is 15.9 Å². The fourth-order valence-corrected chi connectivity index (χ4v) is 2.53. The minimum Gasteiger partial charge on any atom is -0.324 e. The first-order valence-electron chi connectivity index (χ1n) is 7.61. The molecule has 0 bridgehead atoms. The molecule has 1 amide bonds. The summed E-state index contributed by atoms with van der Waals surface area (Å²) in [6.07, 6.45) is 3.32. The van der Waals surface area contributed by atoms with E-state index in [1.54, 1.807) is 43.6 Å². The summed E-state index contributed by atoms with van der Waals surface area (Å²) in [5.41, 5.74) is 1.66. The summed E-state index contributed by atoms with van der Waals surface area (Å²) in [7, 11) is 0. The van der Waals surface area contributed by atoms with E-state index in [2.05, 4.69) is 31.3 Å². The third-order valence-corrected chi connectivity index (χ3v) is 4.17. The van der Waals surface area contributed by atoms with Crippen molar-refractivity contribution in [3.63, 3.8) is 0 Å². The minimum atomic E-state index is -0.757. The van der Waals surface area contributed by atoms with Gasteiger partial charge in [-0.25, -0.2) is 4.68 Å². The molecule has 3 rings (SSSR count). The SMILES string of the molecule is CC(C(=O)Nc1ccc(Br)cc1)n1nc(-c2cccnc2)ccc1=O. The molecule has 0 saturated carbocycles. The summed E-state index contributed by atoms with van der Waals surface area (Å²) in [4.78, 5) is 28.7. The summed E-state index contributed by atoms with van der Waals surface area (Å²) in [6.45, 7) is 1.63. The van der Waals surface area contributed by atoms with Crippen LogP contribution in [-0.2, 0) is 4.79 Å². The second-order valence-electron chi connectivity index (χ2n) is 5.42. The maximum atomic E-state index is 12.5. The normalized spacial score (nSPS) is 11.8. The average molecular weight is 399 g/mol. The number of carbonyl (C=O) groups is 1. The van der Waals surface area contributed by atoms with Gasteiger partial charge in [0.05, 0.1) is 5.69 Å². The molecule has 1 aromatic carbocycles. The molecule has 0 aliphatic heterocycles. The van der Waals surface area contributed by atoms with Crippen molar-refractivity contribution >= 4 is 27.5 Å². The van der Waals surface area contributed by atoms with Crippen LogP contribution in [0.5, 0.6) is 0 Å². The summed E-state index contributed by atoms with van der Waals surface area (Å²) >= 11 is 3.34. The van der Waals surface area contributed by atoms with E-state index in [0.717, 1.165) is 10.0 Å². The zero-order valence-corrected chi connectivity index (χ0v) is 15.0. The number of anilines is 1. The second-order valence-corrected chi connectivity index (χ2v) is 6.33. The van der Waals surface area contributed by atoms with Crippen molar-refractivity contribution in [1.82, 2.24) is 14.8 Å². The maximum absolute atomic E-state index is 12.5. The van der Waals surface area contributed by atoms with E-state index >= 15 is 0 Å². The van der Waals surface area contributed by atoms with Gasteiger partial charge < -0.3 is 5.32 Å². The highest BCUT2D eigenvalue weighted by atomic mass is 79.9. The number of benzene rings is 1. The highest BCUT2D eigenvalue weighted by molar-refractivity contribution is 9.10. The molecule has 0 spiro atoms. The van der Waals surface area contributed by atoms with E-state index in [9.17, 15) is 9.59 Å². The highest BCUT2D eigenvalue weighted by Gasteiger charge is 2.18. The molecule has 1 atom stereocenters. The number of nitrogens with one attached hydrogen (secondary N) is 1. The van der Waals surface area contributed by atoms with E-state index in [0.29, 0.717) is 11.4 Å². The predicted octanol–water partition coefficient (Wildman–Crippen LogP) is 3.27. The van der Waals surface area contributed by atoms with Crippen LogP contribution in [0.1, 0.15) is 13.0 Å². The Balaban J connectivity index is 1.86. The van der Waals surface area contributed by atoms with Gasteiger partial charge in [-0.05, 0) is 49.4 Å². The van der Waals surface area contributed by atoms with Crippen LogP contribution in [0, 0.1) is 0 Å². The first-order valence-corrected chi connectivity index (χ1v) is 8.40. The molecule has 126 valence electrons. The molecular formula is C18H15BrN4O2. The van der Waals surface area contributed by atoms with Crippen LogP contribution in [0.25, 0.3) is 11.3 Å². The molecule has 7 heteroatoms. The molecule has 0 radical (unpaired) electrons. The van der Waals surface area contributed by atoms with Gasteiger partial charge in [-0.1, -0.05) is 15.9 Å². The smallest absolute Gasteiger partial charge is 0.267 e. The zero-order chi connectivity index (χ0) is 17.8. The quantitative estimate of drug-likeness (QED) is 0.731. The molecule has 25 heavy (non-hydrogen) atoms. The van der Waals surface area contributed by atoms with Crippen LogP contribution < -0.4 is 10.9 Å². The Morgan fingerprint density at radius 2 is 1.92 bits per heavy atom. The Bertz CT molecular complexity index is 939. The monoisotopic (exact) mass is 398 g/mol. The Hall–Kier alpha value is -2.80. The molecule has 1 N–H and O–H groups in total. The van der Waals surface area contributed by atoms with Gasteiger partial charge in [-0.3, -0.25) is 14.6 Å². The number of aromatic nitrogens is 3. The molecule has 2 heterocycles. The number of amides is 1. The van der Waals surface area contributed by atoms with Crippen molar-refractivity contribution < 1.29 is 4.79 Å². The number of rotatable bonds is 4. The molecule has 3 aromatic rings. The van der Waals surface area contributed by atoms with Crippen molar-refractivity contribution in [2.24, 2.45) is 0 Å². The largest absolute Gasteiger partial charge is 0.324 e. The van der Waals surface area contributed by atoms with Crippen LogP contribution in [0.2, 0.25) is 0 Å². The number of nitrogens with zero attached hydrogens (tertiary/aromatic N) is 3. The first kappa shape index (κ1) is 17.0. The number of hydrogen-bond acceptors (Lipinski definition) is 4. The number of carbonyl (C=O) groups excluding carboxylic acids is 1. The van der Waals surface area contributed by atoms with Crippen molar-refractivity contribution in [2.75, 3.05) is 5.32 Å². The Labute approximate surface area is 152 Å². The van der Waals surface area contributed by atoms with Crippen molar-refractivity contribution in [1.29, 1.82) is 0 Å². The highest BCUT2D eigenvalue weighted by Crippen LogP contribution is 2.17. The zero-order valence-electron chi connectivity index (χ0n) is 13.4. The Morgan fingerprint density at radius 1 is 1.16 bits per heavy atom. The van der Waals surface area contributed by atoms with Gasteiger partial charge in [0.2, 0.25) is 5.91 Å². The lowest BCUT2D eigenvalue weighted by atomic mass is 10.2. The van der Waals surface area contributed by atoms with Crippen molar-refractivity contribution in [3.8, 4) is 11.3 Å². The standard InChI is InChI=1S/C18H15BrN4O2/c1-12(18(25)21-15-6-4-14(19)5-7-15)23-17(24)9-8-16(22-23)13-3-2-10-20-11-13/h2-12H,1H3,(H,21,25). The minimum absolute atomic E-state index is 0.319. The Kier molecular flexibility index (Phi) is 5.04. The van der Waals surface area contributed by atoms with Crippen LogP contribution in [0.3, 0.4) is 0 Å². The molecule has 6 nitrogen and oxygen atoms in total. The maximum Gasteiger partial charge on any atom is 0.267 e. The fraction of sp³-hybridized carbons (Fsp3) is 0.111. The van der Waals surface area contributed by atoms with Gasteiger partial charge >= 0.3 is 0 Å². The first-order chi connectivity index (χ1) is 12.0. The predicted molar refractivity (Wildman–Crippen MR) is 99.2 cm³/mol. The molecular weight excluding hydrogens is 384 g/mol. The summed E-state index contributed by atoms with van der Waals surface area (Å²) in [5.74, 6) is -0.319. The van der Waals surface area contributed by atoms with Gasteiger partial charge in [0.25, 0.3) is 5.56 Å². The topological polar surface area (TPSA) is 76.9 Å². The molecule has 2 aromatic heterocycles. The van der Waals surface area contributed by atoms with Crippen LogP contribution in [0.4, 0.5) is 5.69 Å². The van der Waals surface area contributed by atoms with Crippen LogP contribution in [-0.4, -0.2) is 20.7 Å². The van der Waals surface area contributed by atoms with E-state index in [1.165, 1.54) is 10.7 Å². The van der Waals surface area contributed by atoms with Crippen molar-refractivity contribution in [2.45, 2.75) is 13.0 Å². The van der Waals surface area contributed by atoms with E-state index in [-0.39, 0.29) is 11.5 Å². The average Bonchev–Trinajstić information content (AvgIpc) is 2.64. The lowest BCUT2D eigenvalue weighted by Crippen LogP contribution is -2.33. The summed E-state index contributed by atoms with van der Waals surface area (Å²) in [5, 5.41) is 7.10. The van der Waals surface area contributed by atoms with E-state index in [1.807, 2.05) is 18.2 Å². The lowest BCUT2D eigenvalue weighted by Gasteiger charge is -2.15. The third-order valence-electron chi connectivity index (χ3n) is 3.64. The number of halogens is 1. The van der Waals surface area contributed by atoms with Gasteiger partial charge in [0.1, 0.15) is 6.04 Å². The molecule has 1 unspecified atom stereocenters. The number of pyridine rings is 1. The van der Waals surface area contributed by atoms with Gasteiger partial charge in [0, 0.05) is 34.2 Å². The molecule has 0 aliphatic rings. The summed E-state index contributed by atoms with van der Waals surface area (Å²) in [6, 6.07) is 13.1. The summed E-state index contributed by atoms with van der Waals surface area (Å²) < 4.78 is 2.09. The number of hydrogen-bond donors (Lipinski definition) is 1. The second kappa shape index (κ2) is 7.40. The van der Waals surface area contributed by atoms with Gasteiger partial charge in [0.15, 0.2) is 0 Å². The van der Waals surface area contributed by atoms with Crippen molar-refractivity contribution in [3.05, 3.63) is 75.8 Å². The van der Waals surface area contributed by atoms with Gasteiger partial charge in [-0.15, -0.1) is 0 Å². The third kappa shape index (κ3) is 4.00.